The largest absolute Gasteiger partial charge is 0.484 e. The minimum absolute atomic E-state index is 0.0708. The number of ether oxygens (including phenoxy) is 1. The lowest BCUT2D eigenvalue weighted by atomic mass is 10.1. The number of sulfone groups is 1. The number of nitrogens with zero attached hydrogens (tertiary/aromatic N) is 1. The van der Waals surface area contributed by atoms with Crippen molar-refractivity contribution in [1.82, 2.24) is 15.5 Å². The zero-order valence-corrected chi connectivity index (χ0v) is 13.7. The summed E-state index contributed by atoms with van der Waals surface area (Å²) in [6.45, 7) is 1.77. The van der Waals surface area contributed by atoms with Crippen LogP contribution >= 0.6 is 0 Å². The maximum Gasteiger partial charge on any atom is 0.257 e. The van der Waals surface area contributed by atoms with E-state index in [9.17, 15) is 13.2 Å². The van der Waals surface area contributed by atoms with Crippen molar-refractivity contribution in [2.45, 2.75) is 6.92 Å². The Hall–Kier alpha value is -2.35. The molecule has 0 bridgehead atoms. The van der Waals surface area contributed by atoms with E-state index < -0.39 is 9.84 Å². The number of amides is 1. The van der Waals surface area contributed by atoms with Crippen molar-refractivity contribution in [1.29, 1.82) is 0 Å². The van der Waals surface area contributed by atoms with Crippen LogP contribution in [0.1, 0.15) is 5.69 Å². The van der Waals surface area contributed by atoms with Crippen molar-refractivity contribution in [3.63, 3.8) is 0 Å². The summed E-state index contributed by atoms with van der Waals surface area (Å²) in [5.74, 6) is 0.0294. The Balaban J connectivity index is 1.89. The van der Waals surface area contributed by atoms with Gasteiger partial charge in [-0.25, -0.2) is 8.42 Å². The van der Waals surface area contributed by atoms with E-state index in [0.29, 0.717) is 5.75 Å². The monoisotopic (exact) mass is 336 g/mol. The molecule has 2 N–H and O–H groups in total. The van der Waals surface area contributed by atoms with E-state index in [1.807, 2.05) is 6.92 Å². The molecule has 8 heteroatoms. The normalized spacial score (nSPS) is 11.2. The van der Waals surface area contributed by atoms with Gasteiger partial charge >= 0.3 is 0 Å². The summed E-state index contributed by atoms with van der Waals surface area (Å²) in [6.07, 6.45) is 2.90. The molecule has 1 radical (unpaired) electrons. The summed E-state index contributed by atoms with van der Waals surface area (Å²) in [5, 5.41) is 9.33. The third-order valence-electron chi connectivity index (χ3n) is 3.07. The molecule has 0 saturated heterocycles. The molecule has 1 aromatic heterocycles. The highest BCUT2D eigenvalue weighted by Gasteiger charge is 2.08. The van der Waals surface area contributed by atoms with Crippen LogP contribution < -0.4 is 10.1 Å². The molecular formula is C15H18N3O4S. The minimum Gasteiger partial charge on any atom is -0.484 e. The Morgan fingerprint density at radius 1 is 1.43 bits per heavy atom. The zero-order valence-electron chi connectivity index (χ0n) is 12.9. The van der Waals surface area contributed by atoms with Gasteiger partial charge in [-0.15, -0.1) is 0 Å². The van der Waals surface area contributed by atoms with Crippen molar-refractivity contribution < 1.29 is 17.9 Å². The number of aromatic amines is 1. The summed E-state index contributed by atoms with van der Waals surface area (Å²) in [7, 11) is -3.09. The standard InChI is InChI=1S/C15H18N3O4S/c1-11-14(9-17-18-11)12-4-3-5-13(8-12)22-10-15(19)16-6-7-23(2,20)21/h4-5,8-9H,6-7,10H2,1-2H3,(H,16,19)(H,17,18). The van der Waals surface area contributed by atoms with Crippen LogP contribution in [0.5, 0.6) is 5.75 Å². The van der Waals surface area contributed by atoms with Gasteiger partial charge in [0.1, 0.15) is 15.6 Å². The Bertz CT molecular complexity index is 784. The van der Waals surface area contributed by atoms with E-state index in [2.05, 4.69) is 21.6 Å². The predicted molar refractivity (Wildman–Crippen MR) is 85.8 cm³/mol. The van der Waals surface area contributed by atoms with Crippen LogP contribution in [0.25, 0.3) is 11.1 Å². The molecule has 2 aromatic rings. The van der Waals surface area contributed by atoms with Crippen molar-refractivity contribution in [3.8, 4) is 16.9 Å². The first-order chi connectivity index (χ1) is 10.8. The summed E-state index contributed by atoms with van der Waals surface area (Å²) in [4.78, 5) is 11.6. The molecule has 0 spiro atoms. The van der Waals surface area contributed by atoms with Gasteiger partial charge in [0.15, 0.2) is 6.61 Å². The molecule has 1 heterocycles. The number of hydrogen-bond acceptors (Lipinski definition) is 5. The number of H-pyrrole nitrogens is 1. The van der Waals surface area contributed by atoms with Crippen molar-refractivity contribution >= 4 is 15.7 Å². The highest BCUT2D eigenvalue weighted by molar-refractivity contribution is 7.90. The second-order valence-corrected chi connectivity index (χ2v) is 7.37. The van der Waals surface area contributed by atoms with E-state index in [4.69, 9.17) is 4.74 Å². The SMILES string of the molecule is Cc1n[nH]cc1-c1c[c]cc(OCC(=O)NCCS(C)(=O)=O)c1. The van der Waals surface area contributed by atoms with E-state index in [1.165, 1.54) is 0 Å². The third-order valence-corrected chi connectivity index (χ3v) is 4.01. The molecule has 0 fully saturated rings. The van der Waals surface area contributed by atoms with Crippen molar-refractivity contribution in [2.75, 3.05) is 25.2 Å². The molecule has 2 rings (SSSR count). The fraction of sp³-hybridized carbons (Fsp3) is 0.333. The fourth-order valence-corrected chi connectivity index (χ4v) is 2.39. The van der Waals surface area contributed by atoms with Crippen LogP contribution in [0.2, 0.25) is 0 Å². The summed E-state index contributed by atoms with van der Waals surface area (Å²) >= 11 is 0. The fourth-order valence-electron chi connectivity index (χ4n) is 1.92. The topological polar surface area (TPSA) is 101 Å². The maximum absolute atomic E-state index is 11.6. The number of carbonyl (C=O) groups is 1. The van der Waals surface area contributed by atoms with Crippen LogP contribution in [-0.4, -0.2) is 49.7 Å². The van der Waals surface area contributed by atoms with Gasteiger partial charge in [0, 0.05) is 24.6 Å². The molecule has 7 nitrogen and oxygen atoms in total. The Morgan fingerprint density at radius 2 is 2.22 bits per heavy atom. The maximum atomic E-state index is 11.6. The van der Waals surface area contributed by atoms with E-state index in [1.54, 1.807) is 24.4 Å². The number of aromatic nitrogens is 2. The van der Waals surface area contributed by atoms with Crippen molar-refractivity contribution in [2.24, 2.45) is 0 Å². The number of hydrogen-bond donors (Lipinski definition) is 2. The zero-order chi connectivity index (χ0) is 16.9. The smallest absolute Gasteiger partial charge is 0.257 e. The van der Waals surface area contributed by atoms with Gasteiger partial charge in [0.2, 0.25) is 0 Å². The number of nitrogens with one attached hydrogen (secondary N) is 2. The molecule has 1 aromatic carbocycles. The van der Waals surface area contributed by atoms with Crippen LogP contribution in [0, 0.1) is 13.0 Å². The first-order valence-corrected chi connectivity index (χ1v) is 9.00. The highest BCUT2D eigenvalue weighted by atomic mass is 32.2. The molecule has 0 atom stereocenters. The third kappa shape index (κ3) is 5.41. The van der Waals surface area contributed by atoms with Gasteiger partial charge in [-0.3, -0.25) is 9.89 Å². The molecule has 0 unspecified atom stereocenters. The number of benzene rings is 1. The highest BCUT2D eigenvalue weighted by Crippen LogP contribution is 2.24. The van der Waals surface area contributed by atoms with Gasteiger partial charge in [-0.2, -0.15) is 5.10 Å². The molecule has 23 heavy (non-hydrogen) atoms. The van der Waals surface area contributed by atoms with Gasteiger partial charge in [0.25, 0.3) is 5.91 Å². The molecule has 0 aliphatic rings. The van der Waals surface area contributed by atoms with Gasteiger partial charge < -0.3 is 10.1 Å². The summed E-state index contributed by atoms with van der Waals surface area (Å²) in [6, 6.07) is 8.17. The summed E-state index contributed by atoms with van der Waals surface area (Å²) < 4.78 is 27.4. The predicted octanol–water partition coefficient (Wildman–Crippen LogP) is 0.725. The molecule has 0 saturated carbocycles. The average Bonchev–Trinajstić information content (AvgIpc) is 2.90. The molecule has 1 amide bonds. The van der Waals surface area contributed by atoms with Gasteiger partial charge in [-0.1, -0.05) is 0 Å². The molecular weight excluding hydrogens is 318 g/mol. The van der Waals surface area contributed by atoms with Gasteiger partial charge in [0.05, 0.1) is 11.4 Å². The first-order valence-electron chi connectivity index (χ1n) is 6.94. The van der Waals surface area contributed by atoms with Crippen molar-refractivity contribution in [3.05, 3.63) is 36.2 Å². The average molecular weight is 336 g/mol. The molecule has 0 aliphatic carbocycles. The van der Waals surface area contributed by atoms with Crippen LogP contribution in [0.3, 0.4) is 0 Å². The van der Waals surface area contributed by atoms with Crippen LogP contribution in [0.15, 0.2) is 24.4 Å². The quantitative estimate of drug-likeness (QED) is 0.776. The lowest BCUT2D eigenvalue weighted by Crippen LogP contribution is -2.32. The molecule has 123 valence electrons. The number of rotatable bonds is 7. The second-order valence-electron chi connectivity index (χ2n) is 5.11. The van der Waals surface area contributed by atoms with Gasteiger partial charge in [-0.05, 0) is 36.8 Å². The Morgan fingerprint density at radius 3 is 2.87 bits per heavy atom. The minimum atomic E-state index is -3.09. The van der Waals surface area contributed by atoms with Crippen LogP contribution in [0.4, 0.5) is 0 Å². The molecule has 0 aliphatic heterocycles. The lowest BCUT2D eigenvalue weighted by molar-refractivity contribution is -0.122. The number of carbonyl (C=O) groups excluding carboxylic acids is 1. The number of aryl methyl sites for hydroxylation is 1. The first kappa shape index (κ1) is 17.0. The Labute approximate surface area is 135 Å². The second kappa shape index (κ2) is 7.28. The summed E-state index contributed by atoms with van der Waals surface area (Å²) in [5.41, 5.74) is 2.67. The van der Waals surface area contributed by atoms with E-state index in [0.717, 1.165) is 23.1 Å². The Kier molecular flexibility index (Phi) is 5.38. The van der Waals surface area contributed by atoms with E-state index >= 15 is 0 Å². The van der Waals surface area contributed by atoms with E-state index in [-0.39, 0.29) is 24.8 Å². The van der Waals surface area contributed by atoms with Crippen LogP contribution in [-0.2, 0) is 14.6 Å². The lowest BCUT2D eigenvalue weighted by Gasteiger charge is -2.08.